The summed E-state index contributed by atoms with van der Waals surface area (Å²) in [4.78, 5) is 24.8. The fraction of sp³-hybridized carbons (Fsp3) is 0.217. The summed E-state index contributed by atoms with van der Waals surface area (Å²) in [7, 11) is 1.35. The van der Waals surface area contributed by atoms with Crippen molar-refractivity contribution in [3.05, 3.63) is 59.0 Å². The molecule has 1 atom stereocenters. The first-order valence-corrected chi connectivity index (χ1v) is 10.8. The van der Waals surface area contributed by atoms with Gasteiger partial charge in [0.1, 0.15) is 34.7 Å². The van der Waals surface area contributed by atoms with Crippen molar-refractivity contribution in [3.8, 4) is 17.0 Å². The normalized spacial score (nSPS) is 12.5. The molecule has 2 aromatic heterocycles. The SMILES string of the molecule is COc1ccc(F)cc1C(=O)NCc1ccc(-c2nn(C(C)C(F)(F)F)c(N)c2C(N)=O)c2cn[nH]c12. The van der Waals surface area contributed by atoms with Gasteiger partial charge in [0.15, 0.2) is 0 Å². The number of amides is 2. The number of hydrogen-bond donors (Lipinski definition) is 4. The summed E-state index contributed by atoms with van der Waals surface area (Å²) in [5, 5.41) is 13.8. The average Bonchev–Trinajstić information content (AvgIpc) is 3.46. The molecule has 0 bridgehead atoms. The number of anilines is 1. The lowest BCUT2D eigenvalue weighted by atomic mass is 10.0. The van der Waals surface area contributed by atoms with Gasteiger partial charge in [0.05, 0.1) is 24.4 Å². The predicted octanol–water partition coefficient (Wildman–Crippen LogP) is 3.31. The predicted molar refractivity (Wildman–Crippen MR) is 125 cm³/mol. The molecule has 0 aliphatic heterocycles. The second-order valence-electron chi connectivity index (χ2n) is 8.09. The number of hydrogen-bond acceptors (Lipinski definition) is 6. The van der Waals surface area contributed by atoms with Gasteiger partial charge in [-0.2, -0.15) is 23.4 Å². The van der Waals surface area contributed by atoms with Crippen LogP contribution in [0.3, 0.4) is 0 Å². The first-order valence-electron chi connectivity index (χ1n) is 10.8. The quantitative estimate of drug-likeness (QED) is 0.275. The number of fused-ring (bicyclic) bond motifs is 1. The number of carbonyl (C=O) groups is 2. The second-order valence-corrected chi connectivity index (χ2v) is 8.09. The molecule has 194 valence electrons. The molecule has 0 saturated carbocycles. The highest BCUT2D eigenvalue weighted by Gasteiger charge is 2.40. The number of alkyl halides is 3. The van der Waals surface area contributed by atoms with E-state index in [-0.39, 0.29) is 34.7 Å². The Hall–Kier alpha value is -4.62. The van der Waals surface area contributed by atoms with E-state index in [9.17, 15) is 27.2 Å². The van der Waals surface area contributed by atoms with Crippen molar-refractivity contribution in [1.29, 1.82) is 0 Å². The Bertz CT molecular complexity index is 1510. The number of nitrogen functional groups attached to an aromatic ring is 1. The Labute approximate surface area is 206 Å². The van der Waals surface area contributed by atoms with Gasteiger partial charge in [0.2, 0.25) is 0 Å². The second kappa shape index (κ2) is 9.44. The van der Waals surface area contributed by atoms with E-state index in [4.69, 9.17) is 16.2 Å². The molecule has 4 aromatic rings. The van der Waals surface area contributed by atoms with Crippen LogP contribution in [-0.4, -0.2) is 45.1 Å². The topological polar surface area (TPSA) is 154 Å². The summed E-state index contributed by atoms with van der Waals surface area (Å²) in [6, 6.07) is 4.47. The van der Waals surface area contributed by atoms with Gasteiger partial charge in [0, 0.05) is 17.5 Å². The number of primary amides is 1. The zero-order chi connectivity index (χ0) is 27.1. The molecule has 0 aliphatic carbocycles. The number of nitrogens with zero attached hydrogens (tertiary/aromatic N) is 3. The largest absolute Gasteiger partial charge is 0.496 e. The van der Waals surface area contributed by atoms with Crippen molar-refractivity contribution >= 4 is 28.5 Å². The minimum absolute atomic E-state index is 0.00845. The van der Waals surface area contributed by atoms with Crippen LogP contribution >= 0.6 is 0 Å². The highest BCUT2D eigenvalue weighted by molar-refractivity contribution is 6.07. The molecule has 4 rings (SSSR count). The molecule has 0 aliphatic rings. The minimum Gasteiger partial charge on any atom is -0.496 e. The maximum Gasteiger partial charge on any atom is 0.410 e. The molecule has 0 spiro atoms. The lowest BCUT2D eigenvalue weighted by Crippen LogP contribution is -2.26. The van der Waals surface area contributed by atoms with Gasteiger partial charge in [-0.3, -0.25) is 14.7 Å². The maximum atomic E-state index is 13.7. The Morgan fingerprint density at radius 2 is 1.97 bits per heavy atom. The van der Waals surface area contributed by atoms with Crippen LogP contribution in [-0.2, 0) is 6.54 Å². The summed E-state index contributed by atoms with van der Waals surface area (Å²) < 4.78 is 59.3. The molecule has 2 amide bonds. The number of aromatic nitrogens is 4. The van der Waals surface area contributed by atoms with Gasteiger partial charge in [-0.15, -0.1) is 0 Å². The Balaban J connectivity index is 1.72. The third-order valence-electron chi connectivity index (χ3n) is 5.84. The van der Waals surface area contributed by atoms with Gasteiger partial charge in [-0.1, -0.05) is 12.1 Å². The van der Waals surface area contributed by atoms with Gasteiger partial charge >= 0.3 is 6.18 Å². The number of rotatable bonds is 7. The molecule has 0 saturated heterocycles. The van der Waals surface area contributed by atoms with E-state index in [1.165, 1.54) is 25.4 Å². The number of H-pyrrole nitrogens is 1. The van der Waals surface area contributed by atoms with Crippen LogP contribution < -0.4 is 21.5 Å². The van der Waals surface area contributed by atoms with Crippen LogP contribution in [0.5, 0.6) is 5.75 Å². The van der Waals surface area contributed by atoms with Crippen LogP contribution in [0, 0.1) is 5.82 Å². The van der Waals surface area contributed by atoms with Gasteiger partial charge in [-0.25, -0.2) is 9.07 Å². The van der Waals surface area contributed by atoms with Crippen molar-refractivity contribution in [1.82, 2.24) is 25.3 Å². The lowest BCUT2D eigenvalue weighted by Gasteiger charge is -2.17. The van der Waals surface area contributed by atoms with Crippen LogP contribution in [0.25, 0.3) is 22.2 Å². The number of methoxy groups -OCH3 is 1. The summed E-state index contributed by atoms with van der Waals surface area (Å²) in [5.74, 6) is -2.61. The number of carbonyl (C=O) groups excluding carboxylic acids is 2. The van der Waals surface area contributed by atoms with E-state index >= 15 is 0 Å². The molecule has 0 radical (unpaired) electrons. The molecule has 0 fully saturated rings. The first-order chi connectivity index (χ1) is 17.4. The van der Waals surface area contributed by atoms with Crippen molar-refractivity contribution in [3.63, 3.8) is 0 Å². The number of aromatic amines is 1. The number of nitrogens with one attached hydrogen (secondary N) is 2. The fourth-order valence-corrected chi connectivity index (χ4v) is 3.89. The standard InChI is InChI=1S/C23H21F4N7O3/c1-10(23(25,26)27)34-20(28)17(21(29)35)19(33-34)13-5-3-11(18-15(13)9-31-32-18)8-30-22(36)14-7-12(24)4-6-16(14)37-2/h3-7,9-10H,8,28H2,1-2H3,(H2,29,35)(H,30,36)(H,31,32). The number of benzene rings is 2. The summed E-state index contributed by atoms with van der Waals surface area (Å²) in [5.41, 5.74) is 12.0. The minimum atomic E-state index is -4.68. The van der Waals surface area contributed by atoms with Gasteiger partial charge in [-0.05, 0) is 30.7 Å². The zero-order valence-electron chi connectivity index (χ0n) is 19.5. The molecular formula is C23H21F4N7O3. The molecule has 14 heteroatoms. The van der Waals surface area contributed by atoms with Crippen LogP contribution in [0.15, 0.2) is 36.5 Å². The van der Waals surface area contributed by atoms with E-state index in [1.807, 2.05) is 0 Å². The Morgan fingerprint density at radius 3 is 2.62 bits per heavy atom. The molecular weight excluding hydrogens is 498 g/mol. The van der Waals surface area contributed by atoms with Crippen molar-refractivity contribution < 1.29 is 31.9 Å². The van der Waals surface area contributed by atoms with Crippen LogP contribution in [0.4, 0.5) is 23.4 Å². The Morgan fingerprint density at radius 1 is 1.24 bits per heavy atom. The molecule has 2 heterocycles. The van der Waals surface area contributed by atoms with E-state index in [0.29, 0.717) is 21.1 Å². The van der Waals surface area contributed by atoms with E-state index < -0.39 is 35.7 Å². The van der Waals surface area contributed by atoms with Crippen molar-refractivity contribution in [2.75, 3.05) is 12.8 Å². The van der Waals surface area contributed by atoms with Crippen molar-refractivity contribution in [2.24, 2.45) is 5.73 Å². The van der Waals surface area contributed by atoms with E-state index in [0.717, 1.165) is 19.1 Å². The number of ether oxygens (including phenoxy) is 1. The molecule has 1 unspecified atom stereocenters. The smallest absolute Gasteiger partial charge is 0.410 e. The Kier molecular flexibility index (Phi) is 6.50. The highest BCUT2D eigenvalue weighted by Crippen LogP contribution is 2.38. The maximum absolute atomic E-state index is 13.7. The zero-order valence-corrected chi connectivity index (χ0v) is 19.5. The highest BCUT2D eigenvalue weighted by atomic mass is 19.4. The third kappa shape index (κ3) is 4.64. The molecule has 10 nitrogen and oxygen atoms in total. The van der Waals surface area contributed by atoms with E-state index in [1.54, 1.807) is 6.07 Å². The summed E-state index contributed by atoms with van der Waals surface area (Å²) >= 11 is 0. The number of halogens is 4. The third-order valence-corrected chi connectivity index (χ3v) is 5.84. The van der Waals surface area contributed by atoms with Gasteiger partial charge in [0.25, 0.3) is 11.8 Å². The number of nitrogens with two attached hydrogens (primary N) is 2. The summed E-state index contributed by atoms with van der Waals surface area (Å²) in [6.07, 6.45) is -3.29. The van der Waals surface area contributed by atoms with Gasteiger partial charge < -0.3 is 21.5 Å². The average molecular weight is 519 g/mol. The van der Waals surface area contributed by atoms with E-state index in [2.05, 4.69) is 20.6 Å². The van der Waals surface area contributed by atoms with Crippen LogP contribution in [0.1, 0.15) is 39.2 Å². The van der Waals surface area contributed by atoms with Crippen LogP contribution in [0.2, 0.25) is 0 Å². The molecule has 6 N–H and O–H groups in total. The molecule has 37 heavy (non-hydrogen) atoms. The fourth-order valence-electron chi connectivity index (χ4n) is 3.89. The lowest BCUT2D eigenvalue weighted by molar-refractivity contribution is -0.164. The molecule has 2 aromatic carbocycles. The van der Waals surface area contributed by atoms with Crippen molar-refractivity contribution in [2.45, 2.75) is 25.7 Å². The first kappa shape index (κ1) is 25.5. The summed E-state index contributed by atoms with van der Waals surface area (Å²) in [6.45, 7) is 0.826. The monoisotopic (exact) mass is 519 g/mol.